The fraction of sp³-hybridized carbons (Fsp3) is 0.667. The van der Waals surface area contributed by atoms with Gasteiger partial charge in [-0.05, 0) is 49.7 Å². The Balaban J connectivity index is 1.70. The van der Waals surface area contributed by atoms with Gasteiger partial charge in [0.05, 0.1) is 0 Å². The highest BCUT2D eigenvalue weighted by Crippen LogP contribution is 2.29. The van der Waals surface area contributed by atoms with Crippen LogP contribution in [0.5, 0.6) is 0 Å². The van der Waals surface area contributed by atoms with Crippen LogP contribution in [0.2, 0.25) is 0 Å². The number of rotatable bonds is 4. The van der Waals surface area contributed by atoms with E-state index in [1.807, 2.05) is 0 Å². The van der Waals surface area contributed by atoms with Crippen molar-refractivity contribution in [3.05, 3.63) is 23.4 Å². The van der Waals surface area contributed by atoms with Crippen LogP contribution in [0.4, 0.5) is 5.82 Å². The second-order valence-electron chi connectivity index (χ2n) is 5.69. The molecule has 0 spiro atoms. The van der Waals surface area contributed by atoms with Crippen LogP contribution < -0.4 is 11.1 Å². The molecule has 1 fully saturated rings. The van der Waals surface area contributed by atoms with Gasteiger partial charge in [0, 0.05) is 18.3 Å². The molecule has 98 valence electrons. The molecule has 0 amide bonds. The van der Waals surface area contributed by atoms with Gasteiger partial charge in [0.2, 0.25) is 0 Å². The Kier molecular flexibility index (Phi) is 3.50. The molecule has 3 N–H and O–H groups in total. The lowest BCUT2D eigenvalue weighted by molar-refractivity contribution is 0.461. The number of hydrogen-bond donors (Lipinski definition) is 2. The highest BCUT2D eigenvalue weighted by atomic mass is 15.0. The number of aryl methyl sites for hydroxylation is 2. The predicted molar refractivity (Wildman–Crippen MR) is 74.7 cm³/mol. The predicted octanol–water partition coefficient (Wildman–Crippen LogP) is 2.50. The maximum Gasteiger partial charge on any atom is 0.126 e. The summed E-state index contributed by atoms with van der Waals surface area (Å²) in [4.78, 5) is 4.75. The van der Waals surface area contributed by atoms with E-state index in [0.29, 0.717) is 12.6 Å². The minimum Gasteiger partial charge on any atom is -0.366 e. The van der Waals surface area contributed by atoms with E-state index in [0.717, 1.165) is 18.2 Å². The minimum absolute atomic E-state index is 0.402. The van der Waals surface area contributed by atoms with E-state index >= 15 is 0 Å². The molecule has 3 heteroatoms. The normalized spacial score (nSPS) is 20.9. The molecule has 0 radical (unpaired) electrons. The fourth-order valence-corrected chi connectivity index (χ4v) is 3.42. The van der Waals surface area contributed by atoms with E-state index < -0.39 is 0 Å². The summed E-state index contributed by atoms with van der Waals surface area (Å²) < 4.78 is 0. The second kappa shape index (κ2) is 5.27. The Morgan fingerprint density at radius 1 is 1.22 bits per heavy atom. The number of nitrogens with one attached hydrogen (secondary N) is 1. The Bertz CT molecular complexity index is 410. The Morgan fingerprint density at radius 3 is 2.83 bits per heavy atom. The quantitative estimate of drug-likeness (QED) is 0.857. The van der Waals surface area contributed by atoms with Crippen LogP contribution in [-0.2, 0) is 12.8 Å². The lowest BCUT2D eigenvalue weighted by Gasteiger charge is -2.24. The van der Waals surface area contributed by atoms with Gasteiger partial charge in [-0.3, -0.25) is 0 Å². The molecule has 1 aromatic heterocycles. The molecular formula is C15H23N3. The first-order valence-electron chi connectivity index (χ1n) is 7.32. The largest absolute Gasteiger partial charge is 0.366 e. The van der Waals surface area contributed by atoms with E-state index in [1.165, 1.54) is 49.8 Å². The van der Waals surface area contributed by atoms with Crippen LogP contribution in [0.1, 0.15) is 43.4 Å². The zero-order valence-corrected chi connectivity index (χ0v) is 11.0. The lowest BCUT2D eigenvalue weighted by Crippen LogP contribution is -2.35. The van der Waals surface area contributed by atoms with Crippen molar-refractivity contribution in [1.82, 2.24) is 4.98 Å². The van der Waals surface area contributed by atoms with Gasteiger partial charge in [0.1, 0.15) is 5.82 Å². The summed E-state index contributed by atoms with van der Waals surface area (Å²) in [6, 6.07) is 4.77. The first-order chi connectivity index (χ1) is 8.86. The van der Waals surface area contributed by atoms with Gasteiger partial charge < -0.3 is 11.1 Å². The zero-order valence-electron chi connectivity index (χ0n) is 11.0. The molecule has 3 nitrogen and oxygen atoms in total. The van der Waals surface area contributed by atoms with Crippen molar-refractivity contribution in [2.75, 3.05) is 11.9 Å². The van der Waals surface area contributed by atoms with Crippen molar-refractivity contribution in [1.29, 1.82) is 0 Å². The zero-order chi connectivity index (χ0) is 12.4. The highest BCUT2D eigenvalue weighted by Gasteiger charge is 2.24. The van der Waals surface area contributed by atoms with Crippen molar-refractivity contribution < 1.29 is 0 Å². The van der Waals surface area contributed by atoms with Gasteiger partial charge in [-0.1, -0.05) is 18.9 Å². The van der Waals surface area contributed by atoms with Gasteiger partial charge in [-0.15, -0.1) is 0 Å². The summed E-state index contributed by atoms with van der Waals surface area (Å²) in [5.41, 5.74) is 8.65. The lowest BCUT2D eigenvalue weighted by atomic mass is 9.98. The number of aromatic nitrogens is 1. The monoisotopic (exact) mass is 245 g/mol. The number of nitrogens with zero attached hydrogens (tertiary/aromatic N) is 1. The molecule has 3 rings (SSSR count). The summed E-state index contributed by atoms with van der Waals surface area (Å²) >= 11 is 0. The van der Waals surface area contributed by atoms with Crippen LogP contribution >= 0.6 is 0 Å². The van der Waals surface area contributed by atoms with E-state index in [-0.39, 0.29) is 0 Å². The molecule has 0 aliphatic heterocycles. The molecule has 1 saturated carbocycles. The molecule has 1 unspecified atom stereocenters. The summed E-state index contributed by atoms with van der Waals surface area (Å²) in [6.45, 7) is 0.712. The van der Waals surface area contributed by atoms with Gasteiger partial charge in [-0.25, -0.2) is 4.98 Å². The smallest absolute Gasteiger partial charge is 0.126 e. The summed E-state index contributed by atoms with van der Waals surface area (Å²) in [6.07, 6.45) is 8.96. The van der Waals surface area contributed by atoms with Crippen molar-refractivity contribution in [3.8, 4) is 0 Å². The Morgan fingerprint density at radius 2 is 2.06 bits per heavy atom. The molecular weight excluding hydrogens is 222 g/mol. The molecule has 2 aliphatic rings. The number of pyridine rings is 1. The van der Waals surface area contributed by atoms with Crippen molar-refractivity contribution >= 4 is 5.82 Å². The number of hydrogen-bond acceptors (Lipinski definition) is 3. The van der Waals surface area contributed by atoms with Crippen LogP contribution in [0.25, 0.3) is 0 Å². The average Bonchev–Trinajstić information content (AvgIpc) is 3.06. The Hall–Kier alpha value is -1.09. The van der Waals surface area contributed by atoms with E-state index in [2.05, 4.69) is 17.4 Å². The van der Waals surface area contributed by atoms with Gasteiger partial charge in [0.25, 0.3) is 0 Å². The SMILES string of the molecule is NCC(Nc1ccc2c(n1)CCC2)C1CCCC1. The maximum absolute atomic E-state index is 5.92. The third-order valence-electron chi connectivity index (χ3n) is 4.48. The van der Waals surface area contributed by atoms with E-state index in [4.69, 9.17) is 10.7 Å². The topological polar surface area (TPSA) is 50.9 Å². The average molecular weight is 245 g/mol. The molecule has 0 saturated heterocycles. The number of anilines is 1. The molecule has 0 aromatic carbocycles. The summed E-state index contributed by atoms with van der Waals surface area (Å²) in [7, 11) is 0. The Labute approximate surface area is 109 Å². The fourth-order valence-electron chi connectivity index (χ4n) is 3.42. The van der Waals surface area contributed by atoms with Crippen LogP contribution in [0, 0.1) is 5.92 Å². The van der Waals surface area contributed by atoms with Crippen molar-refractivity contribution in [3.63, 3.8) is 0 Å². The summed E-state index contributed by atoms with van der Waals surface area (Å²) in [5, 5.41) is 3.56. The molecule has 2 aliphatic carbocycles. The first kappa shape index (κ1) is 12.0. The standard InChI is InChI=1S/C15H23N3/c16-10-14(11-4-1-2-5-11)18-15-9-8-12-6-3-7-13(12)17-15/h8-9,11,14H,1-7,10,16H2,(H,17,18). The minimum atomic E-state index is 0.402. The van der Waals surface area contributed by atoms with E-state index in [1.54, 1.807) is 0 Å². The molecule has 18 heavy (non-hydrogen) atoms. The van der Waals surface area contributed by atoms with Crippen LogP contribution in [0.3, 0.4) is 0 Å². The third-order valence-corrected chi connectivity index (χ3v) is 4.48. The number of fused-ring (bicyclic) bond motifs is 1. The molecule has 1 heterocycles. The molecule has 1 aromatic rings. The van der Waals surface area contributed by atoms with Gasteiger partial charge >= 0.3 is 0 Å². The molecule has 1 atom stereocenters. The van der Waals surface area contributed by atoms with Crippen molar-refractivity contribution in [2.24, 2.45) is 11.7 Å². The van der Waals surface area contributed by atoms with Gasteiger partial charge in [0.15, 0.2) is 0 Å². The summed E-state index contributed by atoms with van der Waals surface area (Å²) in [5.74, 6) is 1.77. The van der Waals surface area contributed by atoms with Gasteiger partial charge in [-0.2, -0.15) is 0 Å². The van der Waals surface area contributed by atoms with Crippen LogP contribution in [0.15, 0.2) is 12.1 Å². The third kappa shape index (κ3) is 2.37. The number of nitrogens with two attached hydrogens (primary N) is 1. The second-order valence-corrected chi connectivity index (χ2v) is 5.69. The maximum atomic E-state index is 5.92. The van der Waals surface area contributed by atoms with E-state index in [9.17, 15) is 0 Å². The highest BCUT2D eigenvalue weighted by molar-refractivity contribution is 5.41. The molecule has 0 bridgehead atoms. The first-order valence-corrected chi connectivity index (χ1v) is 7.32. The van der Waals surface area contributed by atoms with Crippen molar-refractivity contribution in [2.45, 2.75) is 51.0 Å². The van der Waals surface area contributed by atoms with Crippen LogP contribution in [-0.4, -0.2) is 17.6 Å².